The third-order valence-corrected chi connectivity index (χ3v) is 5.86. The highest BCUT2D eigenvalue weighted by Crippen LogP contribution is 2.36. The minimum absolute atomic E-state index is 0.0337. The highest BCUT2D eigenvalue weighted by atomic mass is 16.7. The molecule has 0 fully saturated rings. The second kappa shape index (κ2) is 11.0. The van der Waals surface area contributed by atoms with Crippen LogP contribution in [0, 0.1) is 0 Å². The maximum absolute atomic E-state index is 12.7. The van der Waals surface area contributed by atoms with Crippen molar-refractivity contribution in [1.29, 1.82) is 0 Å². The van der Waals surface area contributed by atoms with Crippen LogP contribution in [-0.2, 0) is 34.2 Å². The highest BCUT2D eigenvalue weighted by molar-refractivity contribution is 6.11. The van der Waals surface area contributed by atoms with Crippen molar-refractivity contribution in [2.45, 2.75) is 19.9 Å². The van der Waals surface area contributed by atoms with E-state index in [9.17, 15) is 4.79 Å². The fraction of sp³-hybridized carbons (Fsp3) is 0.172. The van der Waals surface area contributed by atoms with Crippen molar-refractivity contribution in [2.75, 3.05) is 13.9 Å². The maximum atomic E-state index is 12.7. The largest absolute Gasteiger partial charge is 0.465 e. The normalized spacial score (nSPS) is 11.1. The first-order valence-corrected chi connectivity index (χ1v) is 11.6. The lowest BCUT2D eigenvalue weighted by atomic mass is 10.1. The molecule has 2 aromatic heterocycles. The molecule has 0 N–H and O–H groups in total. The van der Waals surface area contributed by atoms with Crippen LogP contribution in [0.2, 0.25) is 0 Å². The van der Waals surface area contributed by atoms with E-state index in [4.69, 9.17) is 18.9 Å². The fourth-order valence-electron chi connectivity index (χ4n) is 4.16. The van der Waals surface area contributed by atoms with Gasteiger partial charge in [-0.1, -0.05) is 66.7 Å². The van der Waals surface area contributed by atoms with Crippen LogP contribution in [0.25, 0.3) is 21.8 Å². The van der Waals surface area contributed by atoms with Gasteiger partial charge in [0.1, 0.15) is 18.2 Å². The topological polar surface area (TPSA) is 71.8 Å². The third-order valence-electron chi connectivity index (χ3n) is 5.86. The molecule has 5 aromatic rings. The van der Waals surface area contributed by atoms with Gasteiger partial charge in [0, 0.05) is 23.0 Å². The fourth-order valence-corrected chi connectivity index (χ4v) is 4.16. The number of pyridine rings is 1. The van der Waals surface area contributed by atoms with E-state index in [2.05, 4.69) is 4.98 Å². The van der Waals surface area contributed by atoms with Crippen molar-refractivity contribution in [3.63, 3.8) is 0 Å². The van der Waals surface area contributed by atoms with Crippen LogP contribution in [0.1, 0.15) is 21.6 Å². The summed E-state index contributed by atoms with van der Waals surface area (Å²) in [4.78, 5) is 17.2. The van der Waals surface area contributed by atoms with E-state index in [-0.39, 0.29) is 13.5 Å². The number of ether oxygens (including phenoxy) is 4. The number of nitrogens with zero attached hydrogens (tertiary/aromatic N) is 2. The minimum Gasteiger partial charge on any atom is -0.465 e. The van der Waals surface area contributed by atoms with Crippen molar-refractivity contribution < 1.29 is 23.7 Å². The lowest BCUT2D eigenvalue weighted by molar-refractivity contribution is 0.00537. The Morgan fingerprint density at radius 3 is 2.22 bits per heavy atom. The van der Waals surface area contributed by atoms with Crippen molar-refractivity contribution in [1.82, 2.24) is 9.55 Å². The molecular weight excluding hydrogens is 456 g/mol. The summed E-state index contributed by atoms with van der Waals surface area (Å²) in [7, 11) is 1.36. The third kappa shape index (κ3) is 5.07. The van der Waals surface area contributed by atoms with Crippen molar-refractivity contribution in [3.8, 4) is 5.75 Å². The van der Waals surface area contributed by atoms with Gasteiger partial charge < -0.3 is 23.5 Å². The van der Waals surface area contributed by atoms with Gasteiger partial charge >= 0.3 is 5.97 Å². The van der Waals surface area contributed by atoms with E-state index in [1.54, 1.807) is 16.8 Å². The molecule has 0 aliphatic rings. The van der Waals surface area contributed by atoms with E-state index in [0.717, 1.165) is 27.4 Å². The van der Waals surface area contributed by atoms with E-state index in [1.165, 1.54) is 7.11 Å². The Bertz CT molecular complexity index is 1470. The Hall–Kier alpha value is -4.20. The lowest BCUT2D eigenvalue weighted by Gasteiger charge is -2.15. The van der Waals surface area contributed by atoms with Gasteiger partial charge in [-0.3, -0.25) is 4.98 Å². The van der Waals surface area contributed by atoms with Crippen molar-refractivity contribution in [3.05, 3.63) is 108 Å². The molecule has 182 valence electrons. The Balaban J connectivity index is 1.48. The second-order valence-electron chi connectivity index (χ2n) is 8.22. The lowest BCUT2D eigenvalue weighted by Crippen LogP contribution is -2.13. The number of benzene rings is 3. The summed E-state index contributed by atoms with van der Waals surface area (Å²) in [6.45, 7) is 0.985. The first kappa shape index (κ1) is 23.5. The Morgan fingerprint density at radius 1 is 0.833 bits per heavy atom. The molecule has 3 aromatic carbocycles. The monoisotopic (exact) mass is 482 g/mol. The van der Waals surface area contributed by atoms with Crippen molar-refractivity contribution in [2.24, 2.45) is 0 Å². The predicted octanol–water partition coefficient (Wildman–Crippen LogP) is 5.70. The minimum atomic E-state index is -0.460. The molecule has 0 aliphatic carbocycles. The number of aromatic nitrogens is 2. The van der Waals surface area contributed by atoms with Gasteiger partial charge in [0.05, 0.1) is 31.4 Å². The van der Waals surface area contributed by atoms with Crippen LogP contribution in [0.15, 0.2) is 91.1 Å². The molecule has 7 heteroatoms. The zero-order valence-electron chi connectivity index (χ0n) is 19.9. The summed E-state index contributed by atoms with van der Waals surface area (Å²) in [5, 5.41) is 1.72. The Labute approximate surface area is 208 Å². The number of hydrogen-bond donors (Lipinski definition) is 0. The molecule has 0 unspecified atom stereocenters. The van der Waals surface area contributed by atoms with E-state index in [1.807, 2.05) is 78.9 Å². The maximum Gasteiger partial charge on any atom is 0.354 e. The molecule has 0 atom stereocenters. The zero-order valence-corrected chi connectivity index (χ0v) is 19.9. The Morgan fingerprint density at radius 2 is 1.53 bits per heavy atom. The van der Waals surface area contributed by atoms with E-state index >= 15 is 0 Å². The summed E-state index contributed by atoms with van der Waals surface area (Å²) < 4.78 is 24.7. The molecule has 36 heavy (non-hydrogen) atoms. The summed E-state index contributed by atoms with van der Waals surface area (Å²) in [5.41, 5.74) is 3.92. The molecule has 0 bridgehead atoms. The first-order valence-electron chi connectivity index (χ1n) is 11.6. The molecule has 0 spiro atoms. The molecular formula is C29H26N2O5. The molecule has 0 amide bonds. The number of methoxy groups -OCH3 is 1. The van der Waals surface area contributed by atoms with Crippen molar-refractivity contribution >= 4 is 27.8 Å². The van der Waals surface area contributed by atoms with Gasteiger partial charge in [-0.05, 0) is 23.3 Å². The number of hydrogen-bond acceptors (Lipinski definition) is 6. The summed E-state index contributed by atoms with van der Waals surface area (Å²) >= 11 is 0. The van der Waals surface area contributed by atoms with Crippen LogP contribution < -0.4 is 4.74 Å². The summed E-state index contributed by atoms with van der Waals surface area (Å²) in [6, 6.07) is 27.3. The molecule has 0 aliphatic heterocycles. The smallest absolute Gasteiger partial charge is 0.354 e. The van der Waals surface area contributed by atoms with Crippen LogP contribution in [0.4, 0.5) is 0 Å². The van der Waals surface area contributed by atoms with Gasteiger partial charge in [-0.2, -0.15) is 0 Å². The Kier molecular flexibility index (Phi) is 7.21. The SMILES string of the molecule is COC(=O)c1cc2c3cccnc3cc(OCOCc3ccccc3)c2n1COCc1ccccc1. The average molecular weight is 483 g/mol. The molecule has 7 nitrogen and oxygen atoms in total. The first-order chi connectivity index (χ1) is 17.7. The predicted molar refractivity (Wildman–Crippen MR) is 137 cm³/mol. The number of fused-ring (bicyclic) bond motifs is 3. The van der Waals surface area contributed by atoms with Gasteiger partial charge in [0.15, 0.2) is 6.79 Å². The van der Waals surface area contributed by atoms with Gasteiger partial charge in [-0.15, -0.1) is 0 Å². The van der Waals surface area contributed by atoms with Crippen LogP contribution in [0.5, 0.6) is 5.75 Å². The molecule has 0 radical (unpaired) electrons. The van der Waals surface area contributed by atoms with Gasteiger partial charge in [0.2, 0.25) is 0 Å². The number of rotatable bonds is 10. The van der Waals surface area contributed by atoms with Crippen LogP contribution in [-0.4, -0.2) is 29.4 Å². The molecule has 0 saturated heterocycles. The van der Waals surface area contributed by atoms with Crippen LogP contribution >= 0.6 is 0 Å². The average Bonchev–Trinajstić information content (AvgIpc) is 3.32. The highest BCUT2D eigenvalue weighted by Gasteiger charge is 2.22. The van der Waals surface area contributed by atoms with Gasteiger partial charge in [-0.25, -0.2) is 4.79 Å². The summed E-state index contributed by atoms with van der Waals surface area (Å²) in [6.07, 6.45) is 1.73. The molecule has 0 saturated carbocycles. The van der Waals surface area contributed by atoms with E-state index in [0.29, 0.717) is 30.2 Å². The van der Waals surface area contributed by atoms with E-state index < -0.39 is 5.97 Å². The molecule has 5 rings (SSSR count). The number of esters is 1. The zero-order chi connectivity index (χ0) is 24.7. The second-order valence-corrected chi connectivity index (χ2v) is 8.22. The number of carbonyl (C=O) groups excluding carboxylic acids is 1. The summed E-state index contributed by atoms with van der Waals surface area (Å²) in [5.74, 6) is 0.0838. The quantitative estimate of drug-likeness (QED) is 0.144. The standard InChI is InChI=1S/C29H26N2O5/c1-33-29(32)26-15-24-23-13-8-14-30-25(23)16-27(36-20-35-18-22-11-6-3-7-12-22)28(24)31(26)19-34-17-21-9-4-2-5-10-21/h2-16H,17-20H2,1H3. The molecule has 2 heterocycles. The van der Waals surface area contributed by atoms with Gasteiger partial charge in [0.25, 0.3) is 0 Å². The number of carbonyl (C=O) groups is 1. The van der Waals surface area contributed by atoms with Crippen LogP contribution in [0.3, 0.4) is 0 Å².